The minimum Gasteiger partial charge on any atom is -0.310 e. The third-order valence-electron chi connectivity index (χ3n) is 5.63. The Morgan fingerprint density at radius 2 is 1.82 bits per heavy atom. The molecule has 0 spiro atoms. The van der Waals surface area contributed by atoms with E-state index < -0.39 is 0 Å². The lowest BCUT2D eigenvalue weighted by Gasteiger charge is -2.31. The van der Waals surface area contributed by atoms with Gasteiger partial charge < -0.3 is 10.2 Å². The second-order valence-electron chi connectivity index (χ2n) is 7.68. The van der Waals surface area contributed by atoms with E-state index in [9.17, 15) is 4.79 Å². The van der Waals surface area contributed by atoms with Gasteiger partial charge in [0.1, 0.15) is 5.82 Å². The molecule has 144 valence electrons. The SMILES string of the molecule is CN(C)C1CCC(C(=O)Nc2cc3cc(-c4cnccn4)ccc3cn2)CC1. The van der Waals surface area contributed by atoms with E-state index >= 15 is 0 Å². The van der Waals surface area contributed by atoms with Crippen LogP contribution in [0.4, 0.5) is 5.82 Å². The summed E-state index contributed by atoms with van der Waals surface area (Å²) < 4.78 is 0. The minimum absolute atomic E-state index is 0.0691. The lowest BCUT2D eigenvalue weighted by atomic mass is 9.85. The topological polar surface area (TPSA) is 71.0 Å². The summed E-state index contributed by atoms with van der Waals surface area (Å²) >= 11 is 0. The Kier molecular flexibility index (Phi) is 5.30. The van der Waals surface area contributed by atoms with Gasteiger partial charge in [0, 0.05) is 41.5 Å². The highest BCUT2D eigenvalue weighted by Crippen LogP contribution is 2.28. The molecule has 1 aliphatic rings. The van der Waals surface area contributed by atoms with E-state index in [-0.39, 0.29) is 11.8 Å². The van der Waals surface area contributed by atoms with E-state index in [0.29, 0.717) is 11.9 Å². The summed E-state index contributed by atoms with van der Waals surface area (Å²) in [7, 11) is 4.22. The van der Waals surface area contributed by atoms with Crippen molar-refractivity contribution in [2.45, 2.75) is 31.7 Å². The van der Waals surface area contributed by atoms with Crippen molar-refractivity contribution in [2.75, 3.05) is 19.4 Å². The fraction of sp³-hybridized carbons (Fsp3) is 0.364. The maximum atomic E-state index is 12.7. The number of rotatable bonds is 4. The number of amides is 1. The zero-order valence-electron chi connectivity index (χ0n) is 16.3. The van der Waals surface area contributed by atoms with Gasteiger partial charge in [-0.1, -0.05) is 12.1 Å². The molecule has 6 nitrogen and oxygen atoms in total. The van der Waals surface area contributed by atoms with Crippen LogP contribution in [0.3, 0.4) is 0 Å². The van der Waals surface area contributed by atoms with Crippen molar-refractivity contribution in [3.63, 3.8) is 0 Å². The first-order chi connectivity index (χ1) is 13.6. The van der Waals surface area contributed by atoms with Crippen molar-refractivity contribution >= 4 is 22.5 Å². The van der Waals surface area contributed by atoms with Crippen molar-refractivity contribution in [3.8, 4) is 11.3 Å². The summed E-state index contributed by atoms with van der Waals surface area (Å²) in [5, 5.41) is 5.06. The Morgan fingerprint density at radius 1 is 1.00 bits per heavy atom. The Labute approximate surface area is 165 Å². The molecule has 1 aliphatic carbocycles. The first kappa shape index (κ1) is 18.5. The molecule has 6 heteroatoms. The molecule has 0 unspecified atom stereocenters. The lowest BCUT2D eigenvalue weighted by molar-refractivity contribution is -0.121. The number of pyridine rings is 1. The van der Waals surface area contributed by atoms with Gasteiger partial charge in [-0.25, -0.2) is 4.98 Å². The molecule has 28 heavy (non-hydrogen) atoms. The Balaban J connectivity index is 1.49. The number of hydrogen-bond acceptors (Lipinski definition) is 5. The number of nitrogens with zero attached hydrogens (tertiary/aromatic N) is 4. The van der Waals surface area contributed by atoms with Crippen LogP contribution in [-0.2, 0) is 4.79 Å². The van der Waals surface area contributed by atoms with Crippen LogP contribution in [0.1, 0.15) is 25.7 Å². The fourth-order valence-corrected chi connectivity index (χ4v) is 3.90. The molecule has 0 radical (unpaired) electrons. The number of aromatic nitrogens is 3. The van der Waals surface area contributed by atoms with Gasteiger partial charge in [0.2, 0.25) is 5.91 Å². The van der Waals surface area contributed by atoms with E-state index in [1.54, 1.807) is 24.8 Å². The maximum Gasteiger partial charge on any atom is 0.228 e. The van der Waals surface area contributed by atoms with Crippen LogP contribution in [0.15, 0.2) is 49.1 Å². The number of carbonyl (C=O) groups excluding carboxylic acids is 1. The van der Waals surface area contributed by atoms with Crippen LogP contribution < -0.4 is 5.32 Å². The zero-order valence-corrected chi connectivity index (χ0v) is 16.3. The average Bonchev–Trinajstić information content (AvgIpc) is 2.74. The van der Waals surface area contributed by atoms with E-state index in [0.717, 1.165) is 47.7 Å². The van der Waals surface area contributed by atoms with Gasteiger partial charge >= 0.3 is 0 Å². The molecule has 1 aromatic carbocycles. The first-order valence-corrected chi connectivity index (χ1v) is 9.73. The lowest BCUT2D eigenvalue weighted by Crippen LogP contribution is -2.35. The quantitative estimate of drug-likeness (QED) is 0.752. The summed E-state index contributed by atoms with van der Waals surface area (Å²) in [6.07, 6.45) is 10.9. The molecule has 0 saturated heterocycles. The average molecular weight is 375 g/mol. The number of benzene rings is 1. The first-order valence-electron chi connectivity index (χ1n) is 9.73. The monoisotopic (exact) mass is 375 g/mol. The maximum absolute atomic E-state index is 12.7. The van der Waals surface area contributed by atoms with Gasteiger partial charge in [-0.2, -0.15) is 0 Å². The summed E-state index contributed by atoms with van der Waals surface area (Å²) in [6, 6.07) is 8.59. The van der Waals surface area contributed by atoms with Gasteiger partial charge in [0.05, 0.1) is 11.9 Å². The number of carbonyl (C=O) groups is 1. The number of anilines is 1. The molecule has 1 fully saturated rings. The molecule has 3 aromatic rings. The van der Waals surface area contributed by atoms with Crippen molar-refractivity contribution in [3.05, 3.63) is 49.1 Å². The fourth-order valence-electron chi connectivity index (χ4n) is 3.90. The van der Waals surface area contributed by atoms with Crippen LogP contribution in [0.2, 0.25) is 0 Å². The highest BCUT2D eigenvalue weighted by atomic mass is 16.1. The second kappa shape index (κ2) is 8.02. The van der Waals surface area contributed by atoms with Gasteiger partial charge in [-0.3, -0.25) is 14.8 Å². The summed E-state index contributed by atoms with van der Waals surface area (Å²) in [5.74, 6) is 0.747. The van der Waals surface area contributed by atoms with Gasteiger partial charge in [0.25, 0.3) is 0 Å². The Hall–Kier alpha value is -2.86. The third kappa shape index (κ3) is 4.02. The normalized spacial score (nSPS) is 19.7. The molecule has 1 N–H and O–H groups in total. The van der Waals surface area contributed by atoms with Gasteiger partial charge in [-0.15, -0.1) is 0 Å². The second-order valence-corrected chi connectivity index (χ2v) is 7.68. The highest BCUT2D eigenvalue weighted by Gasteiger charge is 2.27. The predicted octanol–water partition coefficient (Wildman–Crippen LogP) is 3.75. The van der Waals surface area contributed by atoms with Crippen LogP contribution in [-0.4, -0.2) is 45.9 Å². The molecule has 1 amide bonds. The van der Waals surface area contributed by atoms with Crippen molar-refractivity contribution in [2.24, 2.45) is 5.92 Å². The largest absolute Gasteiger partial charge is 0.310 e. The molecular weight excluding hydrogens is 350 g/mol. The van der Waals surface area contributed by atoms with Crippen LogP contribution >= 0.6 is 0 Å². The number of hydrogen-bond donors (Lipinski definition) is 1. The van der Waals surface area contributed by atoms with Crippen LogP contribution in [0, 0.1) is 5.92 Å². The highest BCUT2D eigenvalue weighted by molar-refractivity contribution is 5.95. The van der Waals surface area contributed by atoms with E-state index in [2.05, 4.69) is 45.3 Å². The predicted molar refractivity (Wildman–Crippen MR) is 111 cm³/mol. The zero-order chi connectivity index (χ0) is 19.5. The molecule has 4 rings (SSSR count). The van der Waals surface area contributed by atoms with Crippen molar-refractivity contribution in [1.29, 1.82) is 0 Å². The third-order valence-corrected chi connectivity index (χ3v) is 5.63. The van der Waals surface area contributed by atoms with Crippen molar-refractivity contribution < 1.29 is 4.79 Å². The summed E-state index contributed by atoms with van der Waals surface area (Å²) in [4.78, 5) is 27.8. The van der Waals surface area contributed by atoms with E-state index in [1.165, 1.54) is 0 Å². The van der Waals surface area contributed by atoms with E-state index in [1.807, 2.05) is 18.2 Å². The standard InChI is InChI=1S/C22H25N5O/c1-27(2)19-7-5-15(6-8-19)22(28)26-21-12-18-11-16(3-4-17(18)13-25-21)20-14-23-9-10-24-20/h3-4,9-15,19H,5-8H2,1-2H3,(H,25,26,28). The van der Waals surface area contributed by atoms with Gasteiger partial charge in [-0.05, 0) is 57.3 Å². The molecule has 1 saturated carbocycles. The van der Waals surface area contributed by atoms with E-state index in [4.69, 9.17) is 0 Å². The van der Waals surface area contributed by atoms with Crippen molar-refractivity contribution in [1.82, 2.24) is 19.9 Å². The number of nitrogens with one attached hydrogen (secondary N) is 1. The molecule has 0 aliphatic heterocycles. The molecular formula is C22H25N5O. The van der Waals surface area contributed by atoms with Crippen LogP contribution in [0.5, 0.6) is 0 Å². The van der Waals surface area contributed by atoms with Crippen LogP contribution in [0.25, 0.3) is 22.0 Å². The Bertz CT molecular complexity index is 965. The van der Waals surface area contributed by atoms with Gasteiger partial charge in [0.15, 0.2) is 0 Å². The Morgan fingerprint density at radius 3 is 2.54 bits per heavy atom. The number of fused-ring (bicyclic) bond motifs is 1. The minimum atomic E-state index is 0.0691. The summed E-state index contributed by atoms with van der Waals surface area (Å²) in [5.41, 5.74) is 1.82. The molecule has 0 bridgehead atoms. The smallest absolute Gasteiger partial charge is 0.228 e. The molecule has 2 heterocycles. The summed E-state index contributed by atoms with van der Waals surface area (Å²) in [6.45, 7) is 0. The molecule has 0 atom stereocenters. The molecule has 2 aromatic heterocycles.